The van der Waals surface area contributed by atoms with Crippen LogP contribution in [0.1, 0.15) is 49.8 Å². The zero-order valence-corrected chi connectivity index (χ0v) is 21.4. The maximum atomic E-state index is 14.5. The Hall–Kier alpha value is -3.63. The predicted molar refractivity (Wildman–Crippen MR) is 141 cm³/mol. The van der Waals surface area contributed by atoms with Crippen LogP contribution in [0.4, 0.5) is 30.2 Å². The molecular weight excluding hydrogens is 495 g/mol. The van der Waals surface area contributed by atoms with Crippen molar-refractivity contribution in [2.24, 2.45) is 4.99 Å². The fourth-order valence-corrected chi connectivity index (χ4v) is 4.91. The van der Waals surface area contributed by atoms with Crippen LogP contribution in [0.25, 0.3) is 0 Å². The fourth-order valence-electron chi connectivity index (χ4n) is 4.91. The van der Waals surface area contributed by atoms with Crippen LogP contribution in [-0.4, -0.2) is 35.2 Å². The second kappa shape index (κ2) is 9.92. The first kappa shape index (κ1) is 26.0. The quantitative estimate of drug-likeness (QED) is 0.394. The summed E-state index contributed by atoms with van der Waals surface area (Å²) < 4.78 is 49.1. The van der Waals surface area contributed by atoms with Gasteiger partial charge in [0.2, 0.25) is 0 Å². The zero-order valence-electron chi connectivity index (χ0n) is 21.4. The van der Waals surface area contributed by atoms with E-state index in [2.05, 4.69) is 34.5 Å². The standard InChI is InChI=1S/C28H30F3N5O2/c1-17(2)18-4-6-19(7-5-18)36(20-10-12-32-15-20)25-9-8-21(14-23(25)28(29,30)31)38-26-34-24-16-33-13-11-22(24)27(3,37)35-26/h4-9,11,13-14,16-17,20,32,37H,10,12,15H2,1-3H3,(H,34,35). The fraction of sp³-hybridized carbons (Fsp3) is 0.357. The number of benzene rings is 2. The van der Waals surface area contributed by atoms with Crippen molar-refractivity contribution in [3.63, 3.8) is 0 Å². The first-order valence-electron chi connectivity index (χ1n) is 12.6. The van der Waals surface area contributed by atoms with Gasteiger partial charge in [0.15, 0.2) is 5.72 Å². The van der Waals surface area contributed by atoms with Crippen LogP contribution in [0.3, 0.4) is 0 Å². The number of nitrogens with one attached hydrogen (secondary N) is 2. The highest BCUT2D eigenvalue weighted by molar-refractivity contribution is 5.93. The van der Waals surface area contributed by atoms with Gasteiger partial charge in [-0.15, -0.1) is 0 Å². The van der Waals surface area contributed by atoms with Gasteiger partial charge in [0.25, 0.3) is 6.02 Å². The summed E-state index contributed by atoms with van der Waals surface area (Å²) in [6.07, 6.45) is -0.914. The minimum Gasteiger partial charge on any atom is -0.426 e. The first-order chi connectivity index (χ1) is 18.0. The lowest BCUT2D eigenvalue weighted by molar-refractivity contribution is -0.137. The molecule has 2 aliphatic heterocycles. The molecule has 0 radical (unpaired) electrons. The van der Waals surface area contributed by atoms with Crippen molar-refractivity contribution in [3.8, 4) is 5.75 Å². The number of aromatic nitrogens is 1. The summed E-state index contributed by atoms with van der Waals surface area (Å²) in [7, 11) is 0. The van der Waals surface area contributed by atoms with Crippen molar-refractivity contribution in [1.82, 2.24) is 10.3 Å². The van der Waals surface area contributed by atoms with Gasteiger partial charge in [0.05, 0.1) is 23.1 Å². The van der Waals surface area contributed by atoms with E-state index in [9.17, 15) is 18.3 Å². The molecule has 0 spiro atoms. The summed E-state index contributed by atoms with van der Waals surface area (Å²) in [4.78, 5) is 9.93. The van der Waals surface area contributed by atoms with Gasteiger partial charge in [-0.25, -0.2) is 0 Å². The predicted octanol–water partition coefficient (Wildman–Crippen LogP) is 5.75. The van der Waals surface area contributed by atoms with Gasteiger partial charge in [-0.05, 0) is 67.8 Å². The van der Waals surface area contributed by atoms with Crippen LogP contribution in [0.15, 0.2) is 65.9 Å². The lowest BCUT2D eigenvalue weighted by Gasteiger charge is -2.33. The topological polar surface area (TPSA) is 82.0 Å². The lowest BCUT2D eigenvalue weighted by atomic mass is 10.0. The minimum absolute atomic E-state index is 0.0518. The molecule has 38 heavy (non-hydrogen) atoms. The van der Waals surface area contributed by atoms with Crippen molar-refractivity contribution in [1.29, 1.82) is 0 Å². The summed E-state index contributed by atoms with van der Waals surface area (Å²) >= 11 is 0. The molecule has 200 valence electrons. The number of ether oxygens (including phenoxy) is 1. The minimum atomic E-state index is -4.64. The van der Waals surface area contributed by atoms with E-state index in [-0.39, 0.29) is 23.5 Å². The molecule has 1 aromatic heterocycles. The Morgan fingerprint density at radius 1 is 1.13 bits per heavy atom. The second-order valence-corrected chi connectivity index (χ2v) is 10.0. The van der Waals surface area contributed by atoms with Crippen molar-refractivity contribution in [2.45, 2.75) is 51.1 Å². The number of hydrogen-bond acceptors (Lipinski definition) is 7. The van der Waals surface area contributed by atoms with E-state index in [0.29, 0.717) is 35.8 Å². The van der Waals surface area contributed by atoms with E-state index in [0.717, 1.165) is 18.2 Å². The highest BCUT2D eigenvalue weighted by Gasteiger charge is 2.38. The third-order valence-electron chi connectivity index (χ3n) is 6.88. The SMILES string of the molecule is CC(C)c1ccc(N(c2ccc(OC3=NC(C)(O)c4ccncc4N3)cc2C(F)(F)F)C2CCNC2)cc1. The number of aliphatic hydroxyl groups is 1. The van der Waals surface area contributed by atoms with Crippen molar-refractivity contribution in [3.05, 3.63) is 77.6 Å². The third-order valence-corrected chi connectivity index (χ3v) is 6.88. The smallest absolute Gasteiger partial charge is 0.418 e. The number of halogens is 3. The number of amidine groups is 1. The molecule has 3 N–H and O–H groups in total. The van der Waals surface area contributed by atoms with Crippen molar-refractivity contribution >= 4 is 23.1 Å². The number of pyridine rings is 1. The van der Waals surface area contributed by atoms with Crippen LogP contribution in [-0.2, 0) is 11.9 Å². The van der Waals surface area contributed by atoms with Gasteiger partial charge in [0, 0.05) is 30.0 Å². The summed E-state index contributed by atoms with van der Waals surface area (Å²) in [5, 5.41) is 16.9. The lowest BCUT2D eigenvalue weighted by Crippen LogP contribution is -2.35. The van der Waals surface area contributed by atoms with E-state index >= 15 is 0 Å². The number of aliphatic imine (C=N–C) groups is 1. The number of alkyl halides is 3. The summed E-state index contributed by atoms with van der Waals surface area (Å²) in [5.74, 6) is 0.253. The largest absolute Gasteiger partial charge is 0.426 e. The molecule has 0 amide bonds. The molecule has 0 aliphatic carbocycles. The van der Waals surface area contributed by atoms with Gasteiger partial charge >= 0.3 is 6.18 Å². The van der Waals surface area contributed by atoms with Gasteiger partial charge in [-0.3, -0.25) is 4.98 Å². The Morgan fingerprint density at radius 2 is 1.89 bits per heavy atom. The molecule has 2 unspecified atom stereocenters. The van der Waals surface area contributed by atoms with Crippen LogP contribution < -0.4 is 20.3 Å². The molecule has 1 fully saturated rings. The summed E-state index contributed by atoms with van der Waals surface area (Å²) in [6, 6.07) is 12.9. The Morgan fingerprint density at radius 3 is 2.55 bits per heavy atom. The van der Waals surface area contributed by atoms with E-state index < -0.39 is 17.5 Å². The van der Waals surface area contributed by atoms with Crippen molar-refractivity contribution in [2.75, 3.05) is 23.3 Å². The highest BCUT2D eigenvalue weighted by Crippen LogP contribution is 2.43. The van der Waals surface area contributed by atoms with Gasteiger partial charge in [0.1, 0.15) is 5.75 Å². The van der Waals surface area contributed by atoms with Gasteiger partial charge in [-0.1, -0.05) is 26.0 Å². The molecule has 5 rings (SSSR count). The molecule has 7 nitrogen and oxygen atoms in total. The molecule has 2 atom stereocenters. The molecular formula is C28H30F3N5O2. The van der Waals surface area contributed by atoms with Crippen LogP contribution >= 0.6 is 0 Å². The van der Waals surface area contributed by atoms with Crippen LogP contribution in [0, 0.1) is 0 Å². The van der Waals surface area contributed by atoms with Crippen LogP contribution in [0.5, 0.6) is 5.75 Å². The molecule has 0 bridgehead atoms. The molecule has 0 saturated carbocycles. The van der Waals surface area contributed by atoms with Crippen molar-refractivity contribution < 1.29 is 23.0 Å². The maximum Gasteiger partial charge on any atom is 0.418 e. The van der Waals surface area contributed by atoms with Gasteiger partial charge in [-0.2, -0.15) is 18.2 Å². The average Bonchev–Trinajstić information content (AvgIpc) is 3.39. The number of anilines is 3. The monoisotopic (exact) mass is 525 g/mol. The first-order valence-corrected chi connectivity index (χ1v) is 12.6. The molecule has 2 aromatic carbocycles. The number of nitrogens with zero attached hydrogens (tertiary/aromatic N) is 3. The van der Waals surface area contributed by atoms with Crippen LogP contribution in [0.2, 0.25) is 0 Å². The Labute approximate surface area is 219 Å². The second-order valence-electron chi connectivity index (χ2n) is 10.0. The zero-order chi connectivity index (χ0) is 27.1. The highest BCUT2D eigenvalue weighted by atomic mass is 19.4. The third kappa shape index (κ3) is 5.19. The number of rotatable bonds is 5. The Balaban J connectivity index is 1.52. The van der Waals surface area contributed by atoms with Gasteiger partial charge < -0.3 is 25.4 Å². The summed E-state index contributed by atoms with van der Waals surface area (Å²) in [6.45, 7) is 6.93. The molecule has 10 heteroatoms. The maximum absolute atomic E-state index is 14.5. The molecule has 1 saturated heterocycles. The molecule has 3 aromatic rings. The number of fused-ring (bicyclic) bond motifs is 1. The molecule has 3 heterocycles. The Bertz CT molecular complexity index is 1330. The molecule has 2 aliphatic rings. The van der Waals surface area contributed by atoms with E-state index in [1.807, 2.05) is 24.3 Å². The Kier molecular flexibility index (Phi) is 6.79. The summed E-state index contributed by atoms with van der Waals surface area (Å²) in [5.41, 5.74) is 0.360. The number of hydrogen-bond donors (Lipinski definition) is 3. The van der Waals surface area contributed by atoms with E-state index in [1.54, 1.807) is 11.0 Å². The van der Waals surface area contributed by atoms with E-state index in [4.69, 9.17) is 4.74 Å². The van der Waals surface area contributed by atoms with E-state index in [1.165, 1.54) is 31.5 Å². The average molecular weight is 526 g/mol. The normalized spacial score (nSPS) is 21.1.